The number of carbonyl (C=O) groups is 2. The Bertz CT molecular complexity index is 483. The molecule has 1 aromatic rings. The van der Waals surface area contributed by atoms with Gasteiger partial charge in [-0.2, -0.15) is 0 Å². The number of carbonyl (C=O) groups excluding carboxylic acids is 2. The zero-order valence-electron chi connectivity index (χ0n) is 13.6. The molecular formula is C17H26N2O2. The number of rotatable bonds is 5. The van der Waals surface area contributed by atoms with Gasteiger partial charge in [-0.25, -0.2) is 0 Å². The fraction of sp³-hybridized carbons (Fsp3) is 0.529. The third-order valence-corrected chi connectivity index (χ3v) is 3.26. The van der Waals surface area contributed by atoms with Gasteiger partial charge >= 0.3 is 0 Å². The van der Waals surface area contributed by atoms with E-state index in [4.69, 9.17) is 0 Å². The average molecular weight is 290 g/mol. The summed E-state index contributed by atoms with van der Waals surface area (Å²) in [5.74, 6) is -0.0406. The molecule has 0 unspecified atom stereocenters. The third kappa shape index (κ3) is 5.58. The predicted octanol–water partition coefficient (Wildman–Crippen LogP) is 3.59. The SMILES string of the molecule is CCC(CC)C(=O)Nc1ccc(C(=O)NC(C)(C)C)cc1. The van der Waals surface area contributed by atoms with Gasteiger partial charge in [-0.05, 0) is 57.9 Å². The molecule has 0 heterocycles. The molecule has 0 aromatic heterocycles. The molecule has 0 aliphatic rings. The maximum absolute atomic E-state index is 12.0. The minimum atomic E-state index is -0.264. The molecule has 0 aliphatic heterocycles. The maximum Gasteiger partial charge on any atom is 0.251 e. The van der Waals surface area contributed by atoms with Crippen molar-refractivity contribution in [3.63, 3.8) is 0 Å². The van der Waals surface area contributed by atoms with Crippen LogP contribution in [0.2, 0.25) is 0 Å². The predicted molar refractivity (Wildman–Crippen MR) is 86.4 cm³/mol. The van der Waals surface area contributed by atoms with Crippen LogP contribution in [0.4, 0.5) is 5.69 Å². The van der Waals surface area contributed by atoms with E-state index in [1.54, 1.807) is 24.3 Å². The molecule has 2 amide bonds. The van der Waals surface area contributed by atoms with Crippen molar-refractivity contribution in [3.05, 3.63) is 29.8 Å². The first-order valence-corrected chi connectivity index (χ1v) is 7.50. The standard InChI is InChI=1S/C17H26N2O2/c1-6-12(7-2)15(20)18-14-10-8-13(9-11-14)16(21)19-17(3,4)5/h8-12H,6-7H2,1-5H3,(H,18,20)(H,19,21). The Balaban J connectivity index is 2.70. The quantitative estimate of drug-likeness (QED) is 0.870. The summed E-state index contributed by atoms with van der Waals surface area (Å²) in [7, 11) is 0. The van der Waals surface area contributed by atoms with Crippen LogP contribution in [0.15, 0.2) is 24.3 Å². The van der Waals surface area contributed by atoms with Crippen molar-refractivity contribution in [2.75, 3.05) is 5.32 Å². The van der Waals surface area contributed by atoms with Crippen LogP contribution in [-0.4, -0.2) is 17.4 Å². The summed E-state index contributed by atoms with van der Waals surface area (Å²) < 4.78 is 0. The molecule has 0 aliphatic carbocycles. The van der Waals surface area contributed by atoms with Gasteiger partial charge in [-0.15, -0.1) is 0 Å². The van der Waals surface area contributed by atoms with E-state index in [1.807, 2.05) is 34.6 Å². The third-order valence-electron chi connectivity index (χ3n) is 3.26. The van der Waals surface area contributed by atoms with Crippen LogP contribution in [0.5, 0.6) is 0 Å². The van der Waals surface area contributed by atoms with Crippen LogP contribution in [0.3, 0.4) is 0 Å². The first-order chi connectivity index (χ1) is 9.76. The molecule has 0 atom stereocenters. The summed E-state index contributed by atoms with van der Waals surface area (Å²) in [5.41, 5.74) is 1.05. The van der Waals surface area contributed by atoms with Crippen molar-refractivity contribution in [3.8, 4) is 0 Å². The number of hydrogen-bond donors (Lipinski definition) is 2. The van der Waals surface area contributed by atoms with E-state index in [0.29, 0.717) is 5.56 Å². The lowest BCUT2D eigenvalue weighted by Crippen LogP contribution is -2.40. The highest BCUT2D eigenvalue weighted by Crippen LogP contribution is 2.14. The summed E-state index contributed by atoms with van der Waals surface area (Å²) in [6, 6.07) is 6.98. The Kier molecular flexibility index (Phi) is 5.94. The molecule has 4 heteroatoms. The second-order valence-corrected chi connectivity index (χ2v) is 6.28. The van der Waals surface area contributed by atoms with Crippen molar-refractivity contribution in [2.45, 2.75) is 53.0 Å². The Hall–Kier alpha value is -1.84. The zero-order chi connectivity index (χ0) is 16.0. The van der Waals surface area contributed by atoms with Crippen molar-refractivity contribution >= 4 is 17.5 Å². The average Bonchev–Trinajstić information content (AvgIpc) is 2.39. The number of anilines is 1. The van der Waals surface area contributed by atoms with Crippen LogP contribution in [0, 0.1) is 5.92 Å². The Morgan fingerprint density at radius 2 is 1.57 bits per heavy atom. The number of nitrogens with one attached hydrogen (secondary N) is 2. The Labute approximate surface area is 127 Å². The van der Waals surface area contributed by atoms with Gasteiger partial charge in [-0.3, -0.25) is 9.59 Å². The van der Waals surface area contributed by atoms with Crippen molar-refractivity contribution in [2.24, 2.45) is 5.92 Å². The zero-order valence-corrected chi connectivity index (χ0v) is 13.6. The molecule has 0 bridgehead atoms. The number of amides is 2. The molecule has 0 radical (unpaired) electrons. The molecule has 2 N–H and O–H groups in total. The first kappa shape index (κ1) is 17.2. The minimum Gasteiger partial charge on any atom is -0.347 e. The fourth-order valence-corrected chi connectivity index (χ4v) is 2.02. The highest BCUT2D eigenvalue weighted by atomic mass is 16.2. The maximum atomic E-state index is 12.0. The van der Waals surface area contributed by atoms with Gasteiger partial charge in [0.25, 0.3) is 5.91 Å². The topological polar surface area (TPSA) is 58.2 Å². The second-order valence-electron chi connectivity index (χ2n) is 6.28. The lowest BCUT2D eigenvalue weighted by molar-refractivity contribution is -0.120. The van der Waals surface area contributed by atoms with Gasteiger partial charge in [0.1, 0.15) is 0 Å². The summed E-state index contributed by atoms with van der Waals surface area (Å²) >= 11 is 0. The summed E-state index contributed by atoms with van der Waals surface area (Å²) in [4.78, 5) is 24.0. The Morgan fingerprint density at radius 1 is 1.05 bits per heavy atom. The van der Waals surface area contributed by atoms with Gasteiger partial charge in [0.2, 0.25) is 5.91 Å². The highest BCUT2D eigenvalue weighted by Gasteiger charge is 2.16. The van der Waals surface area contributed by atoms with Crippen molar-refractivity contribution in [1.29, 1.82) is 0 Å². The molecule has 0 fully saturated rings. The molecular weight excluding hydrogens is 264 g/mol. The van der Waals surface area contributed by atoms with Gasteiger partial charge in [0.15, 0.2) is 0 Å². The van der Waals surface area contributed by atoms with E-state index >= 15 is 0 Å². The van der Waals surface area contributed by atoms with Crippen LogP contribution < -0.4 is 10.6 Å². The molecule has 0 spiro atoms. The number of benzene rings is 1. The molecule has 1 aromatic carbocycles. The molecule has 1 rings (SSSR count). The monoisotopic (exact) mass is 290 g/mol. The molecule has 116 valence electrons. The summed E-state index contributed by atoms with van der Waals surface area (Å²) in [6.07, 6.45) is 1.66. The molecule has 0 saturated heterocycles. The number of hydrogen-bond acceptors (Lipinski definition) is 2. The largest absolute Gasteiger partial charge is 0.347 e. The van der Waals surface area contributed by atoms with Crippen LogP contribution >= 0.6 is 0 Å². The van der Waals surface area contributed by atoms with Gasteiger partial charge < -0.3 is 10.6 Å². The summed E-state index contributed by atoms with van der Waals surface area (Å²) in [6.45, 7) is 9.83. The highest BCUT2D eigenvalue weighted by molar-refractivity contribution is 5.96. The van der Waals surface area contributed by atoms with E-state index in [1.165, 1.54) is 0 Å². The molecule has 0 saturated carbocycles. The smallest absolute Gasteiger partial charge is 0.251 e. The van der Waals surface area contributed by atoms with E-state index in [-0.39, 0.29) is 23.3 Å². The summed E-state index contributed by atoms with van der Waals surface area (Å²) in [5, 5.41) is 5.79. The van der Waals surface area contributed by atoms with Gasteiger partial charge in [0, 0.05) is 22.7 Å². The second kappa shape index (κ2) is 7.25. The first-order valence-electron chi connectivity index (χ1n) is 7.50. The minimum absolute atomic E-state index is 0.0342. The van der Waals surface area contributed by atoms with Crippen LogP contribution in [0.1, 0.15) is 57.8 Å². The molecule has 4 nitrogen and oxygen atoms in total. The van der Waals surface area contributed by atoms with Gasteiger partial charge in [-0.1, -0.05) is 13.8 Å². The Morgan fingerprint density at radius 3 is 2.00 bits per heavy atom. The van der Waals surface area contributed by atoms with E-state index in [2.05, 4.69) is 10.6 Å². The van der Waals surface area contributed by atoms with Crippen molar-refractivity contribution < 1.29 is 9.59 Å². The molecule has 21 heavy (non-hydrogen) atoms. The normalized spacial score (nSPS) is 11.3. The van der Waals surface area contributed by atoms with Crippen LogP contribution in [0.25, 0.3) is 0 Å². The lowest BCUT2D eigenvalue weighted by Gasteiger charge is -2.20. The van der Waals surface area contributed by atoms with Crippen molar-refractivity contribution in [1.82, 2.24) is 5.32 Å². The van der Waals surface area contributed by atoms with Gasteiger partial charge in [0.05, 0.1) is 0 Å². The fourth-order valence-electron chi connectivity index (χ4n) is 2.02. The van der Waals surface area contributed by atoms with E-state index < -0.39 is 0 Å². The van der Waals surface area contributed by atoms with E-state index in [9.17, 15) is 9.59 Å². The lowest BCUT2D eigenvalue weighted by atomic mass is 10.0. The van der Waals surface area contributed by atoms with E-state index in [0.717, 1.165) is 18.5 Å². The van der Waals surface area contributed by atoms with Crippen LogP contribution in [-0.2, 0) is 4.79 Å².